The zero-order chi connectivity index (χ0) is 16.1. The molecule has 0 aliphatic rings. The molecule has 5 heteroatoms. The molecular weight excluding hydrogens is 278 g/mol. The van der Waals surface area contributed by atoms with Crippen molar-refractivity contribution in [3.05, 3.63) is 47.8 Å². The van der Waals surface area contributed by atoms with Gasteiger partial charge >= 0.3 is 0 Å². The second kappa shape index (κ2) is 6.64. The van der Waals surface area contributed by atoms with E-state index >= 15 is 0 Å². The maximum atomic E-state index is 10.00. The number of fused-ring (bicyclic) bond motifs is 1. The van der Waals surface area contributed by atoms with Gasteiger partial charge in [0.2, 0.25) is 0 Å². The van der Waals surface area contributed by atoms with Gasteiger partial charge in [0.1, 0.15) is 6.07 Å². The summed E-state index contributed by atoms with van der Waals surface area (Å²) in [5.41, 5.74) is 2.49. The number of aromatic hydroxyl groups is 1. The van der Waals surface area contributed by atoms with Crippen molar-refractivity contribution in [1.82, 2.24) is 4.98 Å². The monoisotopic (exact) mass is 295 g/mol. The quantitative estimate of drug-likeness (QED) is 0.841. The largest absolute Gasteiger partial charge is 0.504 e. The highest BCUT2D eigenvalue weighted by atomic mass is 16.5. The van der Waals surface area contributed by atoms with Crippen LogP contribution in [0.2, 0.25) is 0 Å². The van der Waals surface area contributed by atoms with Crippen molar-refractivity contribution < 1.29 is 9.84 Å². The van der Waals surface area contributed by atoms with Crippen LogP contribution in [-0.2, 0) is 0 Å². The van der Waals surface area contributed by atoms with Crippen LogP contribution in [0.4, 0.5) is 5.69 Å². The molecule has 0 aliphatic heterocycles. The summed E-state index contributed by atoms with van der Waals surface area (Å²) >= 11 is 0. The van der Waals surface area contributed by atoms with Gasteiger partial charge in [0.15, 0.2) is 11.5 Å². The topological polar surface area (TPSA) is 78.2 Å². The Labute approximate surface area is 129 Å². The van der Waals surface area contributed by atoms with E-state index in [0.29, 0.717) is 27.9 Å². The maximum absolute atomic E-state index is 10.00. The Kier molecular flexibility index (Phi) is 4.64. The molecule has 0 fully saturated rings. The van der Waals surface area contributed by atoms with E-state index in [4.69, 9.17) is 4.74 Å². The molecule has 0 unspecified atom stereocenters. The van der Waals surface area contributed by atoms with Crippen LogP contribution in [0.25, 0.3) is 10.9 Å². The third-order valence-electron chi connectivity index (χ3n) is 3.22. The number of nitriles is 1. The fourth-order valence-electron chi connectivity index (χ4n) is 2.13. The van der Waals surface area contributed by atoms with Gasteiger partial charge in [-0.2, -0.15) is 5.26 Å². The molecule has 0 atom stereocenters. The van der Waals surface area contributed by atoms with Crippen LogP contribution in [0, 0.1) is 11.3 Å². The van der Waals surface area contributed by atoms with Gasteiger partial charge in [-0.15, -0.1) is 0 Å². The SMILES string of the molecule is C/C=C\C(=C/C)Nc1c(C#N)cnc2cc(OC)c(O)cc12. The first-order chi connectivity index (χ1) is 10.6. The first-order valence-electron chi connectivity index (χ1n) is 6.80. The van der Waals surface area contributed by atoms with Crippen molar-refractivity contribution in [3.8, 4) is 17.6 Å². The van der Waals surface area contributed by atoms with Gasteiger partial charge in [0.05, 0.1) is 23.9 Å². The number of nitrogens with zero attached hydrogens (tertiary/aromatic N) is 2. The Hall–Kier alpha value is -3.00. The Balaban J connectivity index is 2.69. The number of ether oxygens (including phenoxy) is 1. The predicted octanol–water partition coefficient (Wildman–Crippen LogP) is 3.71. The molecule has 0 amide bonds. The lowest BCUT2D eigenvalue weighted by Gasteiger charge is -2.13. The summed E-state index contributed by atoms with van der Waals surface area (Å²) in [4.78, 5) is 4.25. The Morgan fingerprint density at radius 1 is 1.41 bits per heavy atom. The van der Waals surface area contributed by atoms with Crippen LogP contribution < -0.4 is 10.1 Å². The number of benzene rings is 1. The summed E-state index contributed by atoms with van der Waals surface area (Å²) < 4.78 is 5.09. The van der Waals surface area contributed by atoms with Crippen LogP contribution >= 0.6 is 0 Å². The lowest BCUT2D eigenvalue weighted by molar-refractivity contribution is 0.374. The van der Waals surface area contributed by atoms with Crippen LogP contribution in [0.1, 0.15) is 19.4 Å². The number of allylic oxidation sites excluding steroid dienone is 3. The second-order valence-electron chi connectivity index (χ2n) is 4.57. The fraction of sp³-hybridized carbons (Fsp3) is 0.176. The lowest BCUT2D eigenvalue weighted by atomic mass is 10.1. The van der Waals surface area contributed by atoms with E-state index in [0.717, 1.165) is 5.70 Å². The highest BCUT2D eigenvalue weighted by molar-refractivity contribution is 5.96. The lowest BCUT2D eigenvalue weighted by Crippen LogP contribution is -2.01. The summed E-state index contributed by atoms with van der Waals surface area (Å²) in [5, 5.41) is 23.2. The molecule has 1 aromatic carbocycles. The van der Waals surface area contributed by atoms with Crippen molar-refractivity contribution in [2.24, 2.45) is 0 Å². The van der Waals surface area contributed by atoms with Gasteiger partial charge in [0, 0.05) is 23.3 Å². The number of methoxy groups -OCH3 is 1. The number of nitrogens with one attached hydrogen (secondary N) is 1. The van der Waals surface area contributed by atoms with Crippen molar-refractivity contribution >= 4 is 16.6 Å². The molecule has 0 spiro atoms. The predicted molar refractivity (Wildman–Crippen MR) is 86.9 cm³/mol. The number of aromatic nitrogens is 1. The summed E-state index contributed by atoms with van der Waals surface area (Å²) in [6, 6.07) is 5.31. The first kappa shape index (κ1) is 15.4. The molecule has 2 N–H and O–H groups in total. The molecule has 0 radical (unpaired) electrons. The van der Waals surface area contributed by atoms with Gasteiger partial charge in [-0.1, -0.05) is 12.2 Å². The highest BCUT2D eigenvalue weighted by Crippen LogP contribution is 2.35. The zero-order valence-corrected chi connectivity index (χ0v) is 12.7. The molecule has 0 aliphatic carbocycles. The van der Waals surface area contributed by atoms with E-state index in [1.807, 2.05) is 32.1 Å². The molecule has 2 aromatic rings. The normalized spacial score (nSPS) is 11.6. The number of hydrogen-bond acceptors (Lipinski definition) is 5. The third kappa shape index (κ3) is 2.86. The molecule has 0 bridgehead atoms. The Morgan fingerprint density at radius 3 is 2.77 bits per heavy atom. The van der Waals surface area contributed by atoms with Gasteiger partial charge < -0.3 is 15.2 Å². The standard InChI is InChI=1S/C17H17N3O2/c1-4-6-12(5-2)20-17-11(9-18)10-19-14-8-16(22-3)15(21)7-13(14)17/h4-8,10,21H,1-3H3,(H,19,20)/b6-4-,12-5+. The molecule has 112 valence electrons. The van der Waals surface area contributed by atoms with Gasteiger partial charge in [-0.3, -0.25) is 4.98 Å². The molecule has 2 rings (SSSR count). The summed E-state index contributed by atoms with van der Waals surface area (Å²) in [6.07, 6.45) is 7.20. The molecule has 0 saturated heterocycles. The minimum Gasteiger partial charge on any atom is -0.504 e. The van der Waals surface area contributed by atoms with E-state index < -0.39 is 0 Å². The van der Waals surface area contributed by atoms with Crippen molar-refractivity contribution in [1.29, 1.82) is 5.26 Å². The highest BCUT2D eigenvalue weighted by Gasteiger charge is 2.13. The number of phenolic OH excluding ortho intramolecular Hbond substituents is 1. The van der Waals surface area contributed by atoms with Crippen molar-refractivity contribution in [3.63, 3.8) is 0 Å². The summed E-state index contributed by atoms with van der Waals surface area (Å²) in [5.74, 6) is 0.346. The van der Waals surface area contributed by atoms with Crippen LogP contribution in [0.5, 0.6) is 11.5 Å². The second-order valence-corrected chi connectivity index (χ2v) is 4.57. The van der Waals surface area contributed by atoms with E-state index in [-0.39, 0.29) is 5.75 Å². The number of anilines is 1. The Bertz CT molecular complexity index is 802. The minimum absolute atomic E-state index is 0.00278. The number of hydrogen-bond donors (Lipinski definition) is 2. The van der Waals surface area contributed by atoms with E-state index in [2.05, 4.69) is 16.4 Å². The third-order valence-corrected chi connectivity index (χ3v) is 3.22. The first-order valence-corrected chi connectivity index (χ1v) is 6.80. The summed E-state index contributed by atoms with van der Waals surface area (Å²) in [6.45, 7) is 3.82. The number of rotatable bonds is 4. The van der Waals surface area contributed by atoms with Crippen molar-refractivity contribution in [2.75, 3.05) is 12.4 Å². The van der Waals surface area contributed by atoms with Crippen LogP contribution in [0.15, 0.2) is 42.3 Å². The molecule has 22 heavy (non-hydrogen) atoms. The smallest absolute Gasteiger partial charge is 0.162 e. The maximum Gasteiger partial charge on any atom is 0.162 e. The Morgan fingerprint density at radius 2 is 2.18 bits per heavy atom. The molecule has 5 nitrogen and oxygen atoms in total. The average Bonchev–Trinajstić information content (AvgIpc) is 2.54. The average molecular weight is 295 g/mol. The van der Waals surface area contributed by atoms with E-state index in [1.165, 1.54) is 13.3 Å². The number of phenols is 1. The molecule has 1 aromatic heterocycles. The van der Waals surface area contributed by atoms with Gasteiger partial charge in [0.25, 0.3) is 0 Å². The zero-order valence-electron chi connectivity index (χ0n) is 12.7. The molecule has 0 saturated carbocycles. The number of pyridine rings is 1. The molecular formula is C17H17N3O2. The van der Waals surface area contributed by atoms with E-state index in [1.54, 1.807) is 12.1 Å². The van der Waals surface area contributed by atoms with E-state index in [9.17, 15) is 10.4 Å². The molecule has 1 heterocycles. The van der Waals surface area contributed by atoms with Crippen LogP contribution in [-0.4, -0.2) is 17.2 Å². The van der Waals surface area contributed by atoms with Crippen LogP contribution in [0.3, 0.4) is 0 Å². The van der Waals surface area contributed by atoms with Gasteiger partial charge in [-0.25, -0.2) is 0 Å². The van der Waals surface area contributed by atoms with Crippen molar-refractivity contribution in [2.45, 2.75) is 13.8 Å². The van der Waals surface area contributed by atoms with Gasteiger partial charge in [-0.05, 0) is 26.0 Å². The fourth-order valence-corrected chi connectivity index (χ4v) is 2.13. The summed E-state index contributed by atoms with van der Waals surface area (Å²) in [7, 11) is 1.48. The minimum atomic E-state index is 0.00278.